The average Bonchev–Trinajstić information content (AvgIpc) is 3.08. The summed E-state index contributed by atoms with van der Waals surface area (Å²) in [5.74, 6) is 1.07. The number of carbonyl (C=O) groups excluding carboxylic acids is 1. The van der Waals surface area contributed by atoms with Crippen molar-refractivity contribution in [2.75, 3.05) is 6.61 Å². The van der Waals surface area contributed by atoms with Gasteiger partial charge < -0.3 is 9.47 Å². The van der Waals surface area contributed by atoms with Crippen molar-refractivity contribution in [3.05, 3.63) is 98.4 Å². The van der Waals surface area contributed by atoms with Gasteiger partial charge in [0.15, 0.2) is 11.5 Å². The Labute approximate surface area is 218 Å². The molecule has 0 spiro atoms. The molecule has 1 aliphatic rings. The fourth-order valence-corrected chi connectivity index (χ4v) is 5.07. The van der Waals surface area contributed by atoms with Crippen LogP contribution < -0.4 is 9.47 Å². The molecular formula is C26H21Cl2NO3S2. The minimum Gasteiger partial charge on any atom is -0.490 e. The van der Waals surface area contributed by atoms with E-state index in [1.807, 2.05) is 67.6 Å². The second-order valence-electron chi connectivity index (χ2n) is 7.42. The summed E-state index contributed by atoms with van der Waals surface area (Å²) < 4.78 is 12.3. The number of ether oxygens (including phenoxy) is 2. The van der Waals surface area contributed by atoms with Crippen LogP contribution in [0.4, 0.5) is 0 Å². The summed E-state index contributed by atoms with van der Waals surface area (Å²) in [6.07, 6.45) is 1.83. The molecule has 3 aromatic carbocycles. The van der Waals surface area contributed by atoms with Crippen molar-refractivity contribution < 1.29 is 14.3 Å². The summed E-state index contributed by atoms with van der Waals surface area (Å²) in [6.45, 7) is 3.10. The summed E-state index contributed by atoms with van der Waals surface area (Å²) in [6, 6.07) is 20.6. The third-order valence-corrected chi connectivity index (χ3v) is 6.99. The lowest BCUT2D eigenvalue weighted by Gasteiger charge is -2.14. The maximum absolute atomic E-state index is 13.0. The van der Waals surface area contributed by atoms with Crippen LogP contribution >= 0.6 is 47.2 Å². The predicted octanol–water partition coefficient (Wildman–Crippen LogP) is 7.37. The monoisotopic (exact) mass is 529 g/mol. The number of rotatable bonds is 8. The van der Waals surface area contributed by atoms with Gasteiger partial charge in [0.2, 0.25) is 0 Å². The maximum atomic E-state index is 13.0. The van der Waals surface area contributed by atoms with Crippen LogP contribution in [-0.4, -0.2) is 21.7 Å². The van der Waals surface area contributed by atoms with Gasteiger partial charge in [-0.2, -0.15) is 0 Å². The van der Waals surface area contributed by atoms with Crippen molar-refractivity contribution in [2.45, 2.75) is 20.1 Å². The number of hydrogen-bond acceptors (Lipinski definition) is 5. The molecule has 3 aromatic rings. The van der Waals surface area contributed by atoms with E-state index in [0.717, 1.165) is 16.7 Å². The van der Waals surface area contributed by atoms with Crippen LogP contribution in [0.3, 0.4) is 0 Å². The summed E-state index contributed by atoms with van der Waals surface area (Å²) in [5, 5.41) is 1.11. The second kappa shape index (κ2) is 11.3. The van der Waals surface area contributed by atoms with Gasteiger partial charge in [-0.25, -0.2) is 0 Å². The minimum absolute atomic E-state index is 0.102. The zero-order chi connectivity index (χ0) is 24.1. The number of amides is 1. The molecule has 4 nitrogen and oxygen atoms in total. The first-order valence-corrected chi connectivity index (χ1v) is 12.6. The van der Waals surface area contributed by atoms with Crippen molar-refractivity contribution >= 4 is 63.5 Å². The van der Waals surface area contributed by atoms with Gasteiger partial charge in [-0.3, -0.25) is 9.69 Å². The molecule has 1 amide bonds. The van der Waals surface area contributed by atoms with Gasteiger partial charge in [-0.15, -0.1) is 0 Å². The number of thiocarbonyl (C=S) groups is 1. The van der Waals surface area contributed by atoms with E-state index in [-0.39, 0.29) is 12.5 Å². The van der Waals surface area contributed by atoms with E-state index in [2.05, 4.69) is 0 Å². The van der Waals surface area contributed by atoms with E-state index in [4.69, 9.17) is 44.9 Å². The van der Waals surface area contributed by atoms with Crippen molar-refractivity contribution in [3.63, 3.8) is 0 Å². The molecule has 0 aromatic heterocycles. The Hall–Kier alpha value is -2.51. The molecule has 1 aliphatic heterocycles. The smallest absolute Gasteiger partial charge is 0.266 e. The number of carbonyl (C=O) groups is 1. The Balaban J connectivity index is 1.51. The lowest BCUT2D eigenvalue weighted by atomic mass is 10.1. The second-order valence-corrected chi connectivity index (χ2v) is 9.94. The maximum Gasteiger partial charge on any atom is 0.266 e. The summed E-state index contributed by atoms with van der Waals surface area (Å²) in [5.41, 5.74) is 2.67. The first-order chi connectivity index (χ1) is 16.4. The molecule has 0 unspecified atom stereocenters. The molecule has 174 valence electrons. The fraction of sp³-hybridized carbons (Fsp3) is 0.154. The van der Waals surface area contributed by atoms with Crippen LogP contribution in [0, 0.1) is 0 Å². The number of thioether (sulfide) groups is 1. The molecule has 0 bridgehead atoms. The molecule has 1 heterocycles. The Bertz CT molecular complexity index is 1250. The lowest BCUT2D eigenvalue weighted by Crippen LogP contribution is -2.27. The van der Waals surface area contributed by atoms with Crippen LogP contribution in [-0.2, 0) is 17.9 Å². The van der Waals surface area contributed by atoms with E-state index in [1.54, 1.807) is 17.0 Å². The van der Waals surface area contributed by atoms with E-state index in [0.29, 0.717) is 43.9 Å². The largest absolute Gasteiger partial charge is 0.490 e. The molecule has 4 rings (SSSR count). The van der Waals surface area contributed by atoms with E-state index >= 15 is 0 Å². The summed E-state index contributed by atoms with van der Waals surface area (Å²) in [7, 11) is 0. The summed E-state index contributed by atoms with van der Waals surface area (Å²) in [4.78, 5) is 15.2. The van der Waals surface area contributed by atoms with Gasteiger partial charge >= 0.3 is 0 Å². The zero-order valence-electron chi connectivity index (χ0n) is 18.3. The molecule has 1 saturated heterocycles. The van der Waals surface area contributed by atoms with Crippen molar-refractivity contribution in [1.82, 2.24) is 4.90 Å². The van der Waals surface area contributed by atoms with Crippen molar-refractivity contribution in [3.8, 4) is 11.5 Å². The van der Waals surface area contributed by atoms with Gasteiger partial charge in [0, 0.05) is 15.6 Å². The highest BCUT2D eigenvalue weighted by atomic mass is 35.5. The Kier molecular flexibility index (Phi) is 8.16. The topological polar surface area (TPSA) is 38.8 Å². The third-order valence-electron chi connectivity index (χ3n) is 5.02. The van der Waals surface area contributed by atoms with Gasteiger partial charge in [-0.1, -0.05) is 89.6 Å². The highest BCUT2D eigenvalue weighted by Gasteiger charge is 2.32. The molecule has 0 N–H and O–H groups in total. The highest BCUT2D eigenvalue weighted by molar-refractivity contribution is 8.26. The first-order valence-electron chi connectivity index (χ1n) is 10.6. The highest BCUT2D eigenvalue weighted by Crippen LogP contribution is 2.36. The Morgan fingerprint density at radius 3 is 2.53 bits per heavy atom. The molecule has 0 radical (unpaired) electrons. The van der Waals surface area contributed by atoms with Crippen molar-refractivity contribution in [2.24, 2.45) is 0 Å². The van der Waals surface area contributed by atoms with Crippen LogP contribution in [0.15, 0.2) is 71.6 Å². The molecule has 34 heavy (non-hydrogen) atoms. The van der Waals surface area contributed by atoms with Gasteiger partial charge in [0.25, 0.3) is 5.91 Å². The first kappa shape index (κ1) is 24.6. The van der Waals surface area contributed by atoms with Crippen LogP contribution in [0.1, 0.15) is 23.6 Å². The van der Waals surface area contributed by atoms with Crippen LogP contribution in [0.25, 0.3) is 6.08 Å². The normalized spacial score (nSPS) is 14.7. The number of halogens is 2. The standard InChI is InChI=1S/C26H21Cl2NO3S2/c1-2-31-23-12-18(8-11-22(23)32-16-19-9-10-20(27)14-21(19)28)13-24-25(30)29(26(33)34-24)15-17-6-4-3-5-7-17/h3-14H,2,15-16H2,1H3/b24-13+. The number of hydrogen-bond donors (Lipinski definition) is 0. The minimum atomic E-state index is -0.102. The lowest BCUT2D eigenvalue weighted by molar-refractivity contribution is -0.122. The molecule has 0 aliphatic carbocycles. The molecule has 0 saturated carbocycles. The van der Waals surface area contributed by atoms with Crippen LogP contribution in [0.2, 0.25) is 10.0 Å². The molecule has 1 fully saturated rings. The van der Waals surface area contributed by atoms with E-state index in [9.17, 15) is 4.79 Å². The summed E-state index contributed by atoms with van der Waals surface area (Å²) >= 11 is 19.0. The molecule has 0 atom stereocenters. The molecule has 8 heteroatoms. The van der Waals surface area contributed by atoms with Gasteiger partial charge in [0.1, 0.15) is 10.9 Å². The Morgan fingerprint density at radius 2 is 1.79 bits per heavy atom. The third kappa shape index (κ3) is 5.94. The average molecular weight is 530 g/mol. The predicted molar refractivity (Wildman–Crippen MR) is 144 cm³/mol. The quantitative estimate of drug-likeness (QED) is 0.225. The van der Waals surface area contributed by atoms with E-state index in [1.165, 1.54) is 11.8 Å². The van der Waals surface area contributed by atoms with E-state index < -0.39 is 0 Å². The van der Waals surface area contributed by atoms with Gasteiger partial charge in [-0.05, 0) is 48.4 Å². The van der Waals surface area contributed by atoms with Crippen molar-refractivity contribution in [1.29, 1.82) is 0 Å². The van der Waals surface area contributed by atoms with Gasteiger partial charge in [0.05, 0.1) is 18.1 Å². The molecular weight excluding hydrogens is 509 g/mol. The number of nitrogens with zero attached hydrogens (tertiary/aromatic N) is 1. The SMILES string of the molecule is CCOc1cc(/C=C2/SC(=S)N(Cc3ccccc3)C2=O)ccc1OCc1ccc(Cl)cc1Cl. The number of benzene rings is 3. The van der Waals surface area contributed by atoms with Crippen LogP contribution in [0.5, 0.6) is 11.5 Å². The Morgan fingerprint density at radius 1 is 1.00 bits per heavy atom. The zero-order valence-corrected chi connectivity index (χ0v) is 21.4. The fourth-order valence-electron chi connectivity index (χ4n) is 3.35.